The Morgan fingerprint density at radius 2 is 1.70 bits per heavy atom. The summed E-state index contributed by atoms with van der Waals surface area (Å²) in [5.41, 5.74) is 0. The second-order valence-electron chi connectivity index (χ2n) is 5.80. The van der Waals surface area contributed by atoms with Crippen molar-refractivity contribution in [1.29, 1.82) is 0 Å². The van der Waals surface area contributed by atoms with Crippen molar-refractivity contribution in [3.63, 3.8) is 0 Å². The molecule has 1 atom stereocenters. The molecule has 0 saturated heterocycles. The Balaban J connectivity index is 3.51. The maximum Gasteiger partial charge on any atom is 0.305 e. The third kappa shape index (κ3) is 15.5. The molecule has 0 spiro atoms. The van der Waals surface area contributed by atoms with Crippen LogP contribution in [-0.4, -0.2) is 24.4 Å². The van der Waals surface area contributed by atoms with Crippen molar-refractivity contribution in [3.8, 4) is 0 Å². The number of ether oxygens (including phenoxy) is 1. The van der Waals surface area contributed by atoms with Gasteiger partial charge in [-0.05, 0) is 32.1 Å². The van der Waals surface area contributed by atoms with Crippen molar-refractivity contribution < 1.29 is 19.7 Å². The summed E-state index contributed by atoms with van der Waals surface area (Å²) < 4.78 is 4.61. The number of esters is 1. The van der Waals surface area contributed by atoms with Crippen molar-refractivity contribution in [1.82, 2.24) is 0 Å². The molecule has 0 amide bonds. The lowest BCUT2D eigenvalue weighted by molar-refractivity contribution is -0.264. The van der Waals surface area contributed by atoms with Crippen LogP contribution in [-0.2, 0) is 14.4 Å². The van der Waals surface area contributed by atoms with E-state index in [1.165, 1.54) is 26.4 Å². The van der Waals surface area contributed by atoms with Crippen molar-refractivity contribution >= 4 is 5.97 Å². The summed E-state index contributed by atoms with van der Waals surface area (Å²) in [5.74, 6) is -0.114. The number of carbonyl (C=O) groups excluding carboxylic acids is 1. The molecule has 0 aromatic carbocycles. The largest absolute Gasteiger partial charge is 0.469 e. The first-order chi connectivity index (χ1) is 11.2. The predicted molar refractivity (Wildman–Crippen MR) is 94.3 cm³/mol. The van der Waals surface area contributed by atoms with Gasteiger partial charge in [0.25, 0.3) is 0 Å². The zero-order valence-electron chi connectivity index (χ0n) is 14.8. The van der Waals surface area contributed by atoms with E-state index in [1.807, 2.05) is 6.08 Å². The van der Waals surface area contributed by atoms with E-state index in [4.69, 9.17) is 5.26 Å². The number of allylic oxidation sites excluding steroid dienone is 2. The monoisotopic (exact) mass is 326 g/mol. The molecule has 4 heteroatoms. The predicted octanol–water partition coefficient (Wildman–Crippen LogP) is 5.44. The van der Waals surface area contributed by atoms with Gasteiger partial charge in [-0.2, -0.15) is 0 Å². The van der Waals surface area contributed by atoms with E-state index in [9.17, 15) is 4.79 Å². The lowest BCUT2D eigenvalue weighted by Crippen LogP contribution is -2.05. The van der Waals surface area contributed by atoms with Crippen LogP contribution < -0.4 is 0 Å². The average Bonchev–Trinajstić information content (AvgIpc) is 2.57. The summed E-state index contributed by atoms with van der Waals surface area (Å²) in [7, 11) is 1.43. The van der Waals surface area contributed by atoms with Crippen LogP contribution in [0.4, 0.5) is 0 Å². The molecule has 0 radical (unpaired) electrons. The molecule has 23 heavy (non-hydrogen) atoms. The van der Waals surface area contributed by atoms with E-state index in [0.29, 0.717) is 12.8 Å². The highest BCUT2D eigenvalue weighted by molar-refractivity contribution is 5.68. The maximum atomic E-state index is 10.9. The highest BCUT2D eigenvalue weighted by atomic mass is 17.1. The Kier molecular flexibility index (Phi) is 16.4. The second-order valence-corrected chi connectivity index (χ2v) is 5.80. The fourth-order valence-corrected chi connectivity index (χ4v) is 2.24. The van der Waals surface area contributed by atoms with Gasteiger partial charge in [0.1, 0.15) is 6.10 Å². The van der Waals surface area contributed by atoms with E-state index in [-0.39, 0.29) is 12.1 Å². The first-order valence-corrected chi connectivity index (χ1v) is 8.93. The number of methoxy groups -OCH3 is 1. The lowest BCUT2D eigenvalue weighted by atomic mass is 10.1. The fourth-order valence-electron chi connectivity index (χ4n) is 2.24. The molecule has 0 aromatic heterocycles. The van der Waals surface area contributed by atoms with E-state index in [1.54, 1.807) is 0 Å². The Hall–Kier alpha value is -1.13. The van der Waals surface area contributed by atoms with Gasteiger partial charge in [-0.25, -0.2) is 4.89 Å². The van der Waals surface area contributed by atoms with Crippen LogP contribution in [0.1, 0.15) is 77.6 Å². The van der Waals surface area contributed by atoms with Gasteiger partial charge in [0.05, 0.1) is 7.11 Å². The summed E-state index contributed by atoms with van der Waals surface area (Å²) in [6.45, 7) is 2.16. The summed E-state index contributed by atoms with van der Waals surface area (Å²) >= 11 is 0. The zero-order valence-corrected chi connectivity index (χ0v) is 14.8. The third-order valence-electron chi connectivity index (χ3n) is 3.72. The smallest absolute Gasteiger partial charge is 0.305 e. The molecule has 0 aliphatic rings. The van der Waals surface area contributed by atoms with Crippen LogP contribution in [0.3, 0.4) is 0 Å². The van der Waals surface area contributed by atoms with E-state index < -0.39 is 0 Å². The SMILES string of the molecule is CCCCC=CC(CC=CCCCCCCCC(=O)OC)OO. The molecule has 1 N–H and O–H groups in total. The minimum absolute atomic E-state index is 0.114. The van der Waals surface area contributed by atoms with Crippen LogP contribution >= 0.6 is 0 Å². The maximum absolute atomic E-state index is 10.9. The number of hydrogen-bond donors (Lipinski definition) is 1. The van der Waals surface area contributed by atoms with Gasteiger partial charge < -0.3 is 4.74 Å². The quantitative estimate of drug-likeness (QED) is 0.143. The summed E-state index contributed by atoms with van der Waals surface area (Å²) in [5, 5.41) is 8.84. The van der Waals surface area contributed by atoms with Crippen LogP contribution in [0.15, 0.2) is 24.3 Å². The molecule has 0 aliphatic carbocycles. The van der Waals surface area contributed by atoms with Crippen molar-refractivity contribution in [2.24, 2.45) is 0 Å². The molecule has 0 heterocycles. The standard InChI is InChI=1S/C19H34O4/c1-3-4-5-12-15-18(23-21)16-13-10-8-6-7-9-11-14-17-19(20)22-2/h10,12-13,15,18,21H,3-9,11,14,16-17H2,1-2H3. The first kappa shape index (κ1) is 21.9. The summed E-state index contributed by atoms with van der Waals surface area (Å²) in [4.78, 5) is 15.4. The number of unbranched alkanes of at least 4 members (excludes halogenated alkanes) is 7. The Bertz CT molecular complexity index is 323. The van der Waals surface area contributed by atoms with Crippen LogP contribution in [0.25, 0.3) is 0 Å². The molecule has 0 rings (SSSR count). The average molecular weight is 326 g/mol. The van der Waals surface area contributed by atoms with Gasteiger partial charge in [-0.3, -0.25) is 10.1 Å². The minimum atomic E-state index is -0.235. The van der Waals surface area contributed by atoms with Crippen molar-refractivity contribution in [2.45, 2.75) is 83.7 Å². The fraction of sp³-hybridized carbons (Fsp3) is 0.737. The first-order valence-electron chi connectivity index (χ1n) is 8.93. The molecule has 134 valence electrons. The summed E-state index contributed by atoms with van der Waals surface area (Å²) in [6, 6.07) is 0. The van der Waals surface area contributed by atoms with Gasteiger partial charge in [-0.15, -0.1) is 0 Å². The van der Waals surface area contributed by atoms with E-state index in [2.05, 4.69) is 34.8 Å². The Labute approximate surface area is 141 Å². The Morgan fingerprint density at radius 1 is 1.00 bits per heavy atom. The molecule has 0 aliphatic heterocycles. The molecule has 0 bridgehead atoms. The highest BCUT2D eigenvalue weighted by Gasteiger charge is 2.01. The number of rotatable bonds is 15. The normalized spacial score (nSPS) is 13.0. The topological polar surface area (TPSA) is 55.8 Å². The highest BCUT2D eigenvalue weighted by Crippen LogP contribution is 2.09. The van der Waals surface area contributed by atoms with Gasteiger partial charge >= 0.3 is 5.97 Å². The van der Waals surface area contributed by atoms with Gasteiger partial charge in [0, 0.05) is 6.42 Å². The van der Waals surface area contributed by atoms with E-state index in [0.717, 1.165) is 38.5 Å². The van der Waals surface area contributed by atoms with Gasteiger partial charge in [-0.1, -0.05) is 63.3 Å². The molecule has 0 saturated carbocycles. The molecular weight excluding hydrogens is 292 g/mol. The third-order valence-corrected chi connectivity index (χ3v) is 3.72. The van der Waals surface area contributed by atoms with Crippen molar-refractivity contribution in [2.75, 3.05) is 7.11 Å². The summed E-state index contributed by atoms with van der Waals surface area (Å²) in [6.07, 6.45) is 19.2. The molecule has 1 unspecified atom stereocenters. The second kappa shape index (κ2) is 17.2. The van der Waals surface area contributed by atoms with Crippen LogP contribution in [0, 0.1) is 0 Å². The van der Waals surface area contributed by atoms with Gasteiger partial charge in [0.2, 0.25) is 0 Å². The molecule has 0 fully saturated rings. The van der Waals surface area contributed by atoms with E-state index >= 15 is 0 Å². The molecule has 0 aromatic rings. The lowest BCUT2D eigenvalue weighted by Gasteiger charge is -2.05. The minimum Gasteiger partial charge on any atom is -0.469 e. The van der Waals surface area contributed by atoms with Crippen LogP contribution in [0.5, 0.6) is 0 Å². The molecular formula is C19H34O4. The van der Waals surface area contributed by atoms with Crippen molar-refractivity contribution in [3.05, 3.63) is 24.3 Å². The van der Waals surface area contributed by atoms with Gasteiger partial charge in [0.15, 0.2) is 0 Å². The zero-order chi connectivity index (χ0) is 17.2. The Morgan fingerprint density at radius 3 is 2.39 bits per heavy atom. The molecule has 4 nitrogen and oxygen atoms in total. The van der Waals surface area contributed by atoms with Crippen LogP contribution in [0.2, 0.25) is 0 Å². The number of carbonyl (C=O) groups is 1. The number of hydrogen-bond acceptors (Lipinski definition) is 4.